The largest absolute Gasteiger partial charge is 0.496 e. The van der Waals surface area contributed by atoms with E-state index in [0.717, 1.165) is 36.9 Å². The van der Waals surface area contributed by atoms with Crippen molar-refractivity contribution in [3.63, 3.8) is 0 Å². The number of hydrogen-bond acceptors (Lipinski definition) is 6. The zero-order valence-electron chi connectivity index (χ0n) is 19.1. The molecule has 2 aromatic heterocycles. The SMILES string of the molecule is COc1ccccc1C(=O)Nc1cc(C)ccc1OCc1cc(=O)n2c3c(sc2n1)CCCC3. The molecule has 0 fully saturated rings. The fourth-order valence-corrected chi connectivity index (χ4v) is 5.49. The first kappa shape index (κ1) is 22.2. The lowest BCUT2D eigenvalue weighted by Crippen LogP contribution is -2.18. The number of thiazole rings is 1. The van der Waals surface area contributed by atoms with Gasteiger partial charge >= 0.3 is 0 Å². The molecule has 34 heavy (non-hydrogen) atoms. The van der Waals surface area contributed by atoms with Gasteiger partial charge in [-0.25, -0.2) is 4.98 Å². The van der Waals surface area contributed by atoms with Crippen molar-refractivity contribution in [2.75, 3.05) is 12.4 Å². The average Bonchev–Trinajstić information content (AvgIpc) is 3.22. The number of benzene rings is 2. The molecule has 0 unspecified atom stereocenters. The molecule has 0 saturated heterocycles. The van der Waals surface area contributed by atoms with Crippen LogP contribution in [-0.2, 0) is 19.4 Å². The summed E-state index contributed by atoms with van der Waals surface area (Å²) in [6, 6.07) is 14.1. The van der Waals surface area contributed by atoms with Crippen LogP contribution in [0.3, 0.4) is 0 Å². The van der Waals surface area contributed by atoms with Gasteiger partial charge in [0, 0.05) is 16.6 Å². The first-order valence-electron chi connectivity index (χ1n) is 11.2. The number of rotatable bonds is 6. The molecule has 5 rings (SSSR count). The van der Waals surface area contributed by atoms with Gasteiger partial charge in [-0.15, -0.1) is 11.3 Å². The summed E-state index contributed by atoms with van der Waals surface area (Å²) >= 11 is 1.59. The zero-order valence-corrected chi connectivity index (χ0v) is 19.9. The third-order valence-corrected chi connectivity index (χ3v) is 7.07. The van der Waals surface area contributed by atoms with Gasteiger partial charge in [0.2, 0.25) is 0 Å². The van der Waals surface area contributed by atoms with E-state index in [4.69, 9.17) is 9.47 Å². The number of methoxy groups -OCH3 is 1. The third kappa shape index (κ3) is 4.28. The van der Waals surface area contributed by atoms with E-state index in [1.165, 1.54) is 18.1 Å². The first-order valence-corrected chi connectivity index (χ1v) is 12.1. The Morgan fingerprint density at radius 2 is 1.94 bits per heavy atom. The number of carbonyl (C=O) groups is 1. The second kappa shape index (κ2) is 9.30. The molecule has 1 N–H and O–H groups in total. The van der Waals surface area contributed by atoms with Gasteiger partial charge in [0.05, 0.1) is 24.1 Å². The highest BCUT2D eigenvalue weighted by Gasteiger charge is 2.19. The predicted octanol–water partition coefficient (Wildman–Crippen LogP) is 4.78. The van der Waals surface area contributed by atoms with Crippen molar-refractivity contribution >= 4 is 27.9 Å². The van der Waals surface area contributed by atoms with Crippen molar-refractivity contribution in [2.45, 2.75) is 39.2 Å². The number of ether oxygens (including phenoxy) is 2. The van der Waals surface area contributed by atoms with Crippen LogP contribution in [0.25, 0.3) is 4.96 Å². The summed E-state index contributed by atoms with van der Waals surface area (Å²) in [5, 5.41) is 2.92. The van der Waals surface area contributed by atoms with Crippen molar-refractivity contribution in [1.29, 1.82) is 0 Å². The average molecular weight is 476 g/mol. The highest BCUT2D eigenvalue weighted by Crippen LogP contribution is 2.30. The number of aromatic nitrogens is 2. The summed E-state index contributed by atoms with van der Waals surface area (Å²) < 4.78 is 13.1. The van der Waals surface area contributed by atoms with Gasteiger partial charge in [-0.3, -0.25) is 14.0 Å². The molecule has 0 atom stereocenters. The van der Waals surface area contributed by atoms with Gasteiger partial charge in [-0.05, 0) is 62.4 Å². The van der Waals surface area contributed by atoms with Crippen molar-refractivity contribution < 1.29 is 14.3 Å². The van der Waals surface area contributed by atoms with Crippen LogP contribution in [0, 0.1) is 6.92 Å². The normalized spacial score (nSPS) is 12.9. The molecular formula is C26H25N3O4S. The van der Waals surface area contributed by atoms with Gasteiger partial charge in [-0.1, -0.05) is 18.2 Å². The molecule has 0 aliphatic heterocycles. The van der Waals surface area contributed by atoms with Gasteiger partial charge in [0.25, 0.3) is 11.5 Å². The summed E-state index contributed by atoms with van der Waals surface area (Å²) in [6.07, 6.45) is 4.19. The monoisotopic (exact) mass is 475 g/mol. The van der Waals surface area contributed by atoms with Crippen LogP contribution in [0.1, 0.15) is 45.0 Å². The van der Waals surface area contributed by atoms with Crippen LogP contribution in [0.4, 0.5) is 5.69 Å². The molecule has 174 valence electrons. The van der Waals surface area contributed by atoms with Crippen molar-refractivity contribution in [3.05, 3.63) is 86.3 Å². The number of amides is 1. The maximum atomic E-state index is 12.9. The maximum Gasteiger partial charge on any atom is 0.259 e. The Balaban J connectivity index is 1.39. The van der Waals surface area contributed by atoms with Crippen LogP contribution >= 0.6 is 11.3 Å². The summed E-state index contributed by atoms with van der Waals surface area (Å²) in [6.45, 7) is 2.06. The molecular weight excluding hydrogens is 450 g/mol. The molecule has 2 heterocycles. The van der Waals surface area contributed by atoms with Gasteiger partial charge < -0.3 is 14.8 Å². The minimum absolute atomic E-state index is 0.0726. The Hall–Kier alpha value is -3.65. The summed E-state index contributed by atoms with van der Waals surface area (Å²) in [4.78, 5) is 32.4. The summed E-state index contributed by atoms with van der Waals surface area (Å²) in [5.41, 5.74) is 3.54. The topological polar surface area (TPSA) is 81.9 Å². The molecule has 7 nitrogen and oxygen atoms in total. The number of hydrogen-bond donors (Lipinski definition) is 1. The van der Waals surface area contributed by atoms with Gasteiger partial charge in [0.1, 0.15) is 18.1 Å². The van der Waals surface area contributed by atoms with Gasteiger partial charge in [-0.2, -0.15) is 0 Å². The van der Waals surface area contributed by atoms with E-state index >= 15 is 0 Å². The van der Waals surface area contributed by atoms with E-state index in [9.17, 15) is 9.59 Å². The van der Waals surface area contributed by atoms with Crippen LogP contribution in [0.2, 0.25) is 0 Å². The van der Waals surface area contributed by atoms with E-state index in [-0.39, 0.29) is 18.1 Å². The smallest absolute Gasteiger partial charge is 0.259 e. The quantitative estimate of drug-likeness (QED) is 0.434. The van der Waals surface area contributed by atoms with Crippen LogP contribution in [0.5, 0.6) is 11.5 Å². The van der Waals surface area contributed by atoms with Crippen molar-refractivity contribution in [3.8, 4) is 11.5 Å². The Bertz CT molecular complexity index is 1440. The van der Waals surface area contributed by atoms with E-state index in [0.29, 0.717) is 33.4 Å². The number of anilines is 1. The van der Waals surface area contributed by atoms with Crippen molar-refractivity contribution in [2.24, 2.45) is 0 Å². The summed E-state index contributed by atoms with van der Waals surface area (Å²) in [5.74, 6) is 0.697. The van der Waals surface area contributed by atoms with E-state index in [2.05, 4.69) is 10.3 Å². The number of nitrogens with one attached hydrogen (secondary N) is 1. The second-order valence-electron chi connectivity index (χ2n) is 8.33. The van der Waals surface area contributed by atoms with E-state index in [1.54, 1.807) is 33.9 Å². The Morgan fingerprint density at radius 3 is 2.79 bits per heavy atom. The molecule has 8 heteroatoms. The highest BCUT2D eigenvalue weighted by atomic mass is 32.1. The standard InChI is InChI=1S/C26H25N3O4S/c1-16-11-12-22(19(13-16)28-25(31)18-7-3-5-9-21(18)32-2)33-15-17-14-24(30)29-20-8-4-6-10-23(20)34-26(29)27-17/h3,5,7,9,11-14H,4,6,8,10,15H2,1-2H3,(H,28,31). The molecule has 0 bridgehead atoms. The lowest BCUT2D eigenvalue weighted by Gasteiger charge is -2.14. The van der Waals surface area contributed by atoms with Crippen LogP contribution < -0.4 is 20.3 Å². The first-order chi connectivity index (χ1) is 16.5. The lowest BCUT2D eigenvalue weighted by atomic mass is 10.0. The second-order valence-corrected chi connectivity index (χ2v) is 9.39. The molecule has 1 aliphatic rings. The van der Waals surface area contributed by atoms with Crippen molar-refractivity contribution in [1.82, 2.24) is 9.38 Å². The van der Waals surface area contributed by atoms with Crippen LogP contribution in [-0.4, -0.2) is 22.4 Å². The lowest BCUT2D eigenvalue weighted by molar-refractivity contribution is 0.102. The van der Waals surface area contributed by atoms with Crippen LogP contribution in [0.15, 0.2) is 53.3 Å². The molecule has 1 aliphatic carbocycles. The minimum atomic E-state index is -0.296. The number of aryl methyl sites for hydroxylation is 3. The highest BCUT2D eigenvalue weighted by molar-refractivity contribution is 7.17. The maximum absolute atomic E-state index is 12.9. The fourth-order valence-electron chi connectivity index (χ4n) is 4.26. The van der Waals surface area contributed by atoms with E-state index in [1.807, 2.05) is 31.2 Å². The number of para-hydroxylation sites is 1. The molecule has 2 aromatic carbocycles. The van der Waals surface area contributed by atoms with E-state index < -0.39 is 0 Å². The molecule has 0 saturated carbocycles. The van der Waals surface area contributed by atoms with Gasteiger partial charge in [0.15, 0.2) is 4.96 Å². The Labute approximate surface area is 201 Å². The fraction of sp³-hybridized carbons (Fsp3) is 0.269. The molecule has 0 spiro atoms. The summed E-state index contributed by atoms with van der Waals surface area (Å²) in [7, 11) is 1.53. The number of fused-ring (bicyclic) bond motifs is 3. The minimum Gasteiger partial charge on any atom is -0.496 e. The zero-order chi connectivity index (χ0) is 23.7. The number of carbonyl (C=O) groups excluding carboxylic acids is 1. The molecule has 0 radical (unpaired) electrons. The Kier molecular flexibility index (Phi) is 6.06. The predicted molar refractivity (Wildman–Crippen MR) is 132 cm³/mol. The third-order valence-electron chi connectivity index (χ3n) is 5.93. The molecule has 1 amide bonds. The number of nitrogens with zero attached hydrogens (tertiary/aromatic N) is 2. The molecule has 4 aromatic rings. The Morgan fingerprint density at radius 1 is 1.12 bits per heavy atom.